The third-order valence-corrected chi connectivity index (χ3v) is 6.42. The second-order valence-electron chi connectivity index (χ2n) is 7.00. The Kier molecular flexibility index (Phi) is 5.65. The van der Waals surface area contributed by atoms with Gasteiger partial charge in [0.1, 0.15) is 0 Å². The third-order valence-electron chi connectivity index (χ3n) is 5.01. The lowest BCUT2D eigenvalue weighted by Gasteiger charge is -2.26. The monoisotopic (exact) mass is 333 g/mol. The molecule has 2 N–H and O–H groups in total. The maximum atomic E-state index is 12.8. The van der Waals surface area contributed by atoms with Crippen LogP contribution in [0.4, 0.5) is 0 Å². The molecule has 0 radical (unpaired) electrons. The number of aliphatic hydroxyl groups is 1. The van der Waals surface area contributed by atoms with E-state index in [0.717, 1.165) is 41.7 Å². The van der Waals surface area contributed by atoms with Crippen molar-refractivity contribution in [2.24, 2.45) is 0 Å². The molecule has 2 aliphatic carbocycles. The van der Waals surface area contributed by atoms with Gasteiger partial charge in [0.05, 0.1) is 11.7 Å². The van der Waals surface area contributed by atoms with E-state index in [1.807, 2.05) is 24.8 Å². The Balaban J connectivity index is 1.69. The second kappa shape index (κ2) is 7.71. The summed E-state index contributed by atoms with van der Waals surface area (Å²) in [6, 6.07) is 6.43. The van der Waals surface area contributed by atoms with Gasteiger partial charge in [-0.3, -0.25) is 4.79 Å². The summed E-state index contributed by atoms with van der Waals surface area (Å²) in [5, 5.41) is 13.4. The van der Waals surface area contributed by atoms with Crippen LogP contribution >= 0.6 is 11.8 Å². The first-order chi connectivity index (χ1) is 11.1. The van der Waals surface area contributed by atoms with Crippen LogP contribution in [0.25, 0.3) is 0 Å². The van der Waals surface area contributed by atoms with Crippen LogP contribution in [0.2, 0.25) is 0 Å². The Morgan fingerprint density at radius 3 is 2.52 bits per heavy atom. The molecule has 23 heavy (non-hydrogen) atoms. The zero-order chi connectivity index (χ0) is 16.2. The third kappa shape index (κ3) is 4.51. The van der Waals surface area contributed by atoms with Crippen LogP contribution in [0.3, 0.4) is 0 Å². The molecule has 0 spiro atoms. The van der Waals surface area contributed by atoms with E-state index in [9.17, 15) is 9.90 Å². The smallest absolute Gasteiger partial charge is 0.252 e. The molecule has 2 aliphatic rings. The van der Waals surface area contributed by atoms with Crippen molar-refractivity contribution in [3.8, 4) is 0 Å². The summed E-state index contributed by atoms with van der Waals surface area (Å²) in [7, 11) is 0. The minimum atomic E-state index is -0.185. The first kappa shape index (κ1) is 16.8. The van der Waals surface area contributed by atoms with Gasteiger partial charge in [0.15, 0.2) is 0 Å². The number of amides is 1. The molecule has 126 valence electrons. The van der Waals surface area contributed by atoms with Crippen molar-refractivity contribution < 1.29 is 9.90 Å². The highest BCUT2D eigenvalue weighted by Gasteiger charge is 2.24. The van der Waals surface area contributed by atoms with Crippen LogP contribution in [0.5, 0.6) is 0 Å². The van der Waals surface area contributed by atoms with E-state index in [-0.39, 0.29) is 18.1 Å². The first-order valence-electron chi connectivity index (χ1n) is 8.88. The molecule has 2 fully saturated rings. The Morgan fingerprint density at radius 2 is 1.83 bits per heavy atom. The highest BCUT2D eigenvalue weighted by molar-refractivity contribution is 8.00. The van der Waals surface area contributed by atoms with Crippen molar-refractivity contribution in [1.82, 2.24) is 5.32 Å². The fourth-order valence-corrected chi connectivity index (χ4v) is 4.95. The lowest BCUT2D eigenvalue weighted by molar-refractivity contribution is 0.0865. The van der Waals surface area contributed by atoms with Gasteiger partial charge >= 0.3 is 0 Å². The molecule has 0 aromatic heterocycles. The van der Waals surface area contributed by atoms with Gasteiger partial charge in [-0.2, -0.15) is 0 Å². The number of aryl methyl sites for hydroxylation is 1. The summed E-state index contributed by atoms with van der Waals surface area (Å²) >= 11 is 1.88. The van der Waals surface area contributed by atoms with E-state index in [4.69, 9.17) is 0 Å². The number of rotatable bonds is 4. The Morgan fingerprint density at radius 1 is 1.13 bits per heavy atom. The lowest BCUT2D eigenvalue weighted by Crippen LogP contribution is -2.38. The van der Waals surface area contributed by atoms with Gasteiger partial charge in [-0.25, -0.2) is 0 Å². The number of carbonyl (C=O) groups is 1. The van der Waals surface area contributed by atoms with Crippen LogP contribution < -0.4 is 5.32 Å². The van der Waals surface area contributed by atoms with E-state index in [2.05, 4.69) is 17.4 Å². The van der Waals surface area contributed by atoms with Crippen molar-refractivity contribution >= 4 is 17.7 Å². The molecule has 3 nitrogen and oxygen atoms in total. The predicted molar refractivity (Wildman–Crippen MR) is 95.0 cm³/mol. The fourth-order valence-electron chi connectivity index (χ4n) is 3.59. The molecule has 1 aromatic carbocycles. The molecule has 1 amide bonds. The molecule has 0 saturated heterocycles. The molecule has 3 rings (SSSR count). The van der Waals surface area contributed by atoms with Crippen LogP contribution in [0, 0.1) is 6.92 Å². The normalized spacial score (nSPS) is 25.5. The largest absolute Gasteiger partial charge is 0.393 e. The number of benzene rings is 1. The Labute approximate surface area is 143 Å². The summed E-state index contributed by atoms with van der Waals surface area (Å²) in [4.78, 5) is 13.9. The molecule has 0 unspecified atom stereocenters. The Hall–Kier alpha value is -1.00. The van der Waals surface area contributed by atoms with Gasteiger partial charge in [-0.1, -0.05) is 24.5 Å². The first-order valence-corrected chi connectivity index (χ1v) is 9.76. The maximum absolute atomic E-state index is 12.8. The molecular weight excluding hydrogens is 306 g/mol. The Bertz CT molecular complexity index is 546. The standard InChI is InChI=1S/C19H27NO2S/c1-13-6-11-18(23-16-4-2-3-5-16)17(12-13)19(22)20-14-7-9-15(21)10-8-14/h6,11-12,14-16,21H,2-5,7-10H2,1H3,(H,20,22). The van der Waals surface area contributed by atoms with Gasteiger partial charge in [0.25, 0.3) is 5.91 Å². The maximum Gasteiger partial charge on any atom is 0.252 e. The fraction of sp³-hybridized carbons (Fsp3) is 0.632. The van der Waals surface area contributed by atoms with Gasteiger partial charge < -0.3 is 10.4 Å². The number of nitrogens with one attached hydrogen (secondary N) is 1. The average molecular weight is 333 g/mol. The summed E-state index contributed by atoms with van der Waals surface area (Å²) in [5.74, 6) is 0.0515. The van der Waals surface area contributed by atoms with E-state index in [0.29, 0.717) is 5.25 Å². The molecule has 0 bridgehead atoms. The van der Waals surface area contributed by atoms with Crippen LogP contribution in [-0.2, 0) is 0 Å². The quantitative estimate of drug-likeness (QED) is 0.873. The summed E-state index contributed by atoms with van der Waals surface area (Å²) < 4.78 is 0. The van der Waals surface area contributed by atoms with Crippen LogP contribution in [0.15, 0.2) is 23.1 Å². The van der Waals surface area contributed by atoms with E-state index >= 15 is 0 Å². The van der Waals surface area contributed by atoms with Gasteiger partial charge in [0.2, 0.25) is 0 Å². The number of aliphatic hydroxyl groups excluding tert-OH is 1. The minimum absolute atomic E-state index is 0.0515. The molecule has 0 aliphatic heterocycles. The van der Waals surface area contributed by atoms with Crippen molar-refractivity contribution in [2.45, 2.75) is 80.6 Å². The predicted octanol–water partition coefficient (Wildman–Crippen LogP) is 4.06. The molecule has 4 heteroatoms. The van der Waals surface area contributed by atoms with Crippen molar-refractivity contribution in [3.63, 3.8) is 0 Å². The van der Waals surface area contributed by atoms with Gasteiger partial charge in [-0.15, -0.1) is 11.8 Å². The molecular formula is C19H27NO2S. The van der Waals surface area contributed by atoms with Crippen molar-refractivity contribution in [2.75, 3.05) is 0 Å². The second-order valence-corrected chi connectivity index (χ2v) is 8.35. The van der Waals surface area contributed by atoms with Gasteiger partial charge in [-0.05, 0) is 57.6 Å². The topological polar surface area (TPSA) is 49.3 Å². The zero-order valence-electron chi connectivity index (χ0n) is 13.9. The highest BCUT2D eigenvalue weighted by Crippen LogP contribution is 2.36. The van der Waals surface area contributed by atoms with Crippen molar-refractivity contribution in [1.29, 1.82) is 0 Å². The van der Waals surface area contributed by atoms with Crippen molar-refractivity contribution in [3.05, 3.63) is 29.3 Å². The number of hydrogen-bond donors (Lipinski definition) is 2. The molecule has 1 aromatic rings. The minimum Gasteiger partial charge on any atom is -0.393 e. The van der Waals surface area contributed by atoms with E-state index in [1.165, 1.54) is 25.7 Å². The molecule has 0 heterocycles. The summed E-state index contributed by atoms with van der Waals surface area (Å²) in [6.45, 7) is 2.04. The average Bonchev–Trinajstić information content (AvgIpc) is 3.04. The summed E-state index contributed by atoms with van der Waals surface area (Å²) in [5.41, 5.74) is 1.96. The SMILES string of the molecule is Cc1ccc(SC2CCCC2)c(C(=O)NC2CCC(O)CC2)c1. The molecule has 0 atom stereocenters. The molecule has 2 saturated carbocycles. The highest BCUT2D eigenvalue weighted by atomic mass is 32.2. The van der Waals surface area contributed by atoms with Crippen LogP contribution in [-0.4, -0.2) is 28.4 Å². The van der Waals surface area contributed by atoms with Crippen LogP contribution in [0.1, 0.15) is 67.3 Å². The van der Waals surface area contributed by atoms with Gasteiger partial charge in [0, 0.05) is 16.2 Å². The number of hydrogen-bond acceptors (Lipinski definition) is 3. The van der Waals surface area contributed by atoms with E-state index < -0.39 is 0 Å². The van der Waals surface area contributed by atoms with E-state index in [1.54, 1.807) is 0 Å². The summed E-state index contributed by atoms with van der Waals surface area (Å²) in [6.07, 6.45) is 8.32. The lowest BCUT2D eigenvalue weighted by atomic mass is 9.93. The number of thioether (sulfide) groups is 1. The number of carbonyl (C=O) groups excluding carboxylic acids is 1. The zero-order valence-corrected chi connectivity index (χ0v) is 14.7.